The van der Waals surface area contributed by atoms with Crippen LogP contribution in [-0.4, -0.2) is 61.0 Å². The molecular weight excluding hydrogens is 430 g/mol. The molecule has 0 radical (unpaired) electrons. The van der Waals surface area contributed by atoms with Gasteiger partial charge in [0.2, 0.25) is 5.91 Å². The molecule has 2 aliphatic heterocycles. The predicted octanol–water partition coefficient (Wildman–Crippen LogP) is 5.19. The van der Waals surface area contributed by atoms with Crippen molar-refractivity contribution in [1.29, 1.82) is 0 Å². The van der Waals surface area contributed by atoms with Crippen LogP contribution < -0.4 is 4.90 Å². The van der Waals surface area contributed by atoms with E-state index < -0.39 is 0 Å². The lowest BCUT2D eigenvalue weighted by Gasteiger charge is -2.38. The fourth-order valence-corrected chi connectivity index (χ4v) is 6.46. The van der Waals surface area contributed by atoms with Gasteiger partial charge in [-0.1, -0.05) is 63.1 Å². The third-order valence-electron chi connectivity index (χ3n) is 8.74. The maximum atomic E-state index is 13.5. The van der Waals surface area contributed by atoms with E-state index in [1.807, 2.05) is 6.07 Å². The molecule has 1 amide bonds. The van der Waals surface area contributed by atoms with Crippen LogP contribution in [0.3, 0.4) is 0 Å². The van der Waals surface area contributed by atoms with Gasteiger partial charge in [0, 0.05) is 56.9 Å². The van der Waals surface area contributed by atoms with Gasteiger partial charge in [0.05, 0.1) is 0 Å². The molecule has 0 bridgehead atoms. The fraction of sp³-hybridized carbons (Fsp3) is 0.581. The van der Waals surface area contributed by atoms with Crippen molar-refractivity contribution in [3.05, 3.63) is 65.2 Å². The van der Waals surface area contributed by atoms with Gasteiger partial charge < -0.3 is 9.80 Å². The van der Waals surface area contributed by atoms with E-state index in [-0.39, 0.29) is 5.92 Å². The van der Waals surface area contributed by atoms with E-state index in [2.05, 4.69) is 71.0 Å². The highest BCUT2D eigenvalue weighted by molar-refractivity contribution is 5.79. The standard InChI is InChI=1S/C31H43N3O/c1-24(2)30(22-25-8-4-3-5-9-25)31(35)34-20-18-33(19-21-34)29-13-12-26-14-16-32(17-15-27(26)23-29)28-10-6-7-11-28/h3-5,8-9,12-13,23-24,28,30H,6-7,10-11,14-22H2,1-2H3. The lowest BCUT2D eigenvalue weighted by Crippen LogP contribution is -2.51. The van der Waals surface area contributed by atoms with Gasteiger partial charge >= 0.3 is 0 Å². The van der Waals surface area contributed by atoms with Gasteiger partial charge in [0.15, 0.2) is 0 Å². The lowest BCUT2D eigenvalue weighted by molar-refractivity contribution is -0.137. The van der Waals surface area contributed by atoms with Crippen molar-refractivity contribution >= 4 is 11.6 Å². The molecular formula is C31H43N3O. The zero-order valence-corrected chi connectivity index (χ0v) is 21.8. The Balaban J connectivity index is 1.18. The summed E-state index contributed by atoms with van der Waals surface area (Å²) < 4.78 is 0. The number of piperazine rings is 1. The van der Waals surface area contributed by atoms with E-state index in [9.17, 15) is 4.79 Å². The van der Waals surface area contributed by atoms with Crippen LogP contribution in [-0.2, 0) is 24.1 Å². The third-order valence-corrected chi connectivity index (χ3v) is 8.74. The van der Waals surface area contributed by atoms with E-state index in [1.54, 1.807) is 11.1 Å². The highest BCUT2D eigenvalue weighted by Crippen LogP contribution is 2.29. The summed E-state index contributed by atoms with van der Waals surface area (Å²) in [5.41, 5.74) is 5.69. The first-order valence-electron chi connectivity index (χ1n) is 14.0. The molecule has 2 fully saturated rings. The Morgan fingerprint density at radius 2 is 1.54 bits per heavy atom. The first-order valence-corrected chi connectivity index (χ1v) is 14.0. The number of rotatable bonds is 6. The summed E-state index contributed by atoms with van der Waals surface area (Å²) in [6, 6.07) is 18.5. The minimum absolute atomic E-state index is 0.0549. The molecule has 35 heavy (non-hydrogen) atoms. The van der Waals surface area contributed by atoms with Crippen molar-refractivity contribution in [3.63, 3.8) is 0 Å². The Morgan fingerprint density at radius 3 is 2.23 bits per heavy atom. The zero-order valence-electron chi connectivity index (χ0n) is 21.8. The molecule has 0 N–H and O–H groups in total. The van der Waals surface area contributed by atoms with E-state index in [1.165, 1.54) is 62.9 Å². The largest absolute Gasteiger partial charge is 0.368 e. The summed E-state index contributed by atoms with van der Waals surface area (Å²) in [6.07, 6.45) is 8.81. The van der Waals surface area contributed by atoms with Gasteiger partial charge in [-0.05, 0) is 66.8 Å². The number of carbonyl (C=O) groups excluding carboxylic acids is 1. The summed E-state index contributed by atoms with van der Waals surface area (Å²) >= 11 is 0. The van der Waals surface area contributed by atoms with Crippen LogP contribution in [0.15, 0.2) is 48.5 Å². The van der Waals surface area contributed by atoms with Gasteiger partial charge in [-0.15, -0.1) is 0 Å². The molecule has 0 spiro atoms. The molecule has 0 aromatic heterocycles. The summed E-state index contributed by atoms with van der Waals surface area (Å²) in [6.45, 7) is 10.3. The topological polar surface area (TPSA) is 26.8 Å². The third kappa shape index (κ3) is 5.74. The number of anilines is 1. The summed E-state index contributed by atoms with van der Waals surface area (Å²) in [4.78, 5) is 20.8. The SMILES string of the molecule is CC(C)C(Cc1ccccc1)C(=O)N1CCN(c2ccc3c(c2)CCN(C2CCCC2)CC3)CC1. The smallest absolute Gasteiger partial charge is 0.226 e. The molecule has 4 heteroatoms. The summed E-state index contributed by atoms with van der Waals surface area (Å²) in [5, 5.41) is 0. The Bertz CT molecular complexity index is 974. The number of hydrogen-bond acceptors (Lipinski definition) is 3. The van der Waals surface area contributed by atoms with Gasteiger partial charge in [0.1, 0.15) is 0 Å². The number of carbonyl (C=O) groups is 1. The minimum atomic E-state index is 0.0549. The van der Waals surface area contributed by atoms with E-state index in [0.29, 0.717) is 11.8 Å². The number of fused-ring (bicyclic) bond motifs is 1. The average Bonchev–Trinajstić information content (AvgIpc) is 3.34. The molecule has 2 heterocycles. The van der Waals surface area contributed by atoms with E-state index in [4.69, 9.17) is 0 Å². The van der Waals surface area contributed by atoms with Gasteiger partial charge in [-0.3, -0.25) is 9.69 Å². The second-order valence-electron chi connectivity index (χ2n) is 11.3. The van der Waals surface area contributed by atoms with Gasteiger partial charge in [-0.2, -0.15) is 0 Å². The van der Waals surface area contributed by atoms with Crippen LogP contribution in [0.2, 0.25) is 0 Å². The van der Waals surface area contributed by atoms with Gasteiger partial charge in [-0.25, -0.2) is 0 Å². The first kappa shape index (κ1) is 24.4. The van der Waals surface area contributed by atoms with Crippen molar-refractivity contribution in [2.75, 3.05) is 44.2 Å². The number of nitrogens with zero attached hydrogens (tertiary/aromatic N) is 3. The molecule has 5 rings (SSSR count). The summed E-state index contributed by atoms with van der Waals surface area (Å²) in [5.74, 6) is 0.728. The maximum Gasteiger partial charge on any atom is 0.226 e. The molecule has 2 aromatic rings. The van der Waals surface area contributed by atoms with Crippen LogP contribution in [0.1, 0.15) is 56.2 Å². The predicted molar refractivity (Wildman–Crippen MR) is 145 cm³/mol. The van der Waals surface area contributed by atoms with Crippen LogP contribution in [0.4, 0.5) is 5.69 Å². The fourth-order valence-electron chi connectivity index (χ4n) is 6.46. The van der Waals surface area contributed by atoms with Crippen LogP contribution in [0.5, 0.6) is 0 Å². The molecule has 188 valence electrons. The second-order valence-corrected chi connectivity index (χ2v) is 11.3. The summed E-state index contributed by atoms with van der Waals surface area (Å²) in [7, 11) is 0. The molecule has 1 atom stereocenters. The quantitative estimate of drug-likeness (QED) is 0.577. The monoisotopic (exact) mass is 473 g/mol. The normalized spacial score (nSPS) is 20.7. The molecule has 1 saturated carbocycles. The van der Waals surface area contributed by atoms with Crippen LogP contribution in [0, 0.1) is 11.8 Å². The second kappa shape index (κ2) is 11.2. The highest BCUT2D eigenvalue weighted by atomic mass is 16.2. The zero-order chi connectivity index (χ0) is 24.2. The minimum Gasteiger partial charge on any atom is -0.368 e. The number of hydrogen-bond donors (Lipinski definition) is 0. The van der Waals surface area contributed by atoms with Crippen LogP contribution >= 0.6 is 0 Å². The first-order chi connectivity index (χ1) is 17.1. The lowest BCUT2D eigenvalue weighted by atomic mass is 9.87. The average molecular weight is 474 g/mol. The number of benzene rings is 2. The van der Waals surface area contributed by atoms with Crippen molar-refractivity contribution in [3.8, 4) is 0 Å². The Hall–Kier alpha value is -2.33. The molecule has 1 aliphatic carbocycles. The molecule has 2 aromatic carbocycles. The molecule has 4 nitrogen and oxygen atoms in total. The van der Waals surface area contributed by atoms with Crippen molar-refractivity contribution < 1.29 is 4.79 Å². The van der Waals surface area contributed by atoms with Crippen molar-refractivity contribution in [2.45, 2.75) is 64.8 Å². The maximum absolute atomic E-state index is 13.5. The number of amides is 1. The Morgan fingerprint density at radius 1 is 0.857 bits per heavy atom. The molecule has 3 aliphatic rings. The van der Waals surface area contributed by atoms with Crippen molar-refractivity contribution in [1.82, 2.24) is 9.80 Å². The molecule has 1 unspecified atom stereocenters. The Kier molecular flexibility index (Phi) is 7.77. The highest BCUT2D eigenvalue weighted by Gasteiger charge is 2.30. The van der Waals surface area contributed by atoms with Gasteiger partial charge in [0.25, 0.3) is 0 Å². The van der Waals surface area contributed by atoms with E-state index in [0.717, 1.165) is 38.6 Å². The van der Waals surface area contributed by atoms with Crippen LogP contribution in [0.25, 0.3) is 0 Å². The van der Waals surface area contributed by atoms with E-state index >= 15 is 0 Å². The van der Waals surface area contributed by atoms with Crippen molar-refractivity contribution in [2.24, 2.45) is 11.8 Å². The molecule has 1 saturated heterocycles. The Labute approximate surface area is 212 Å².